The molecule has 0 unspecified atom stereocenters. The van der Waals surface area contributed by atoms with Crippen molar-refractivity contribution in [3.05, 3.63) is 48.7 Å². The average Bonchev–Trinajstić information content (AvgIpc) is 3.17. The van der Waals surface area contributed by atoms with Gasteiger partial charge in [-0.3, -0.25) is 0 Å². The van der Waals surface area contributed by atoms with Crippen molar-refractivity contribution in [3.8, 4) is 11.3 Å². The van der Waals surface area contributed by atoms with E-state index >= 15 is 0 Å². The van der Waals surface area contributed by atoms with Gasteiger partial charge in [0.05, 0.1) is 12.3 Å². The van der Waals surface area contributed by atoms with Gasteiger partial charge in [0.15, 0.2) is 6.23 Å². The zero-order valence-electron chi connectivity index (χ0n) is 13.0. The van der Waals surface area contributed by atoms with Crippen LogP contribution in [0.4, 0.5) is 4.39 Å². The van der Waals surface area contributed by atoms with Crippen molar-refractivity contribution in [2.24, 2.45) is 0 Å². The number of rotatable bonds is 3. The second-order valence-corrected chi connectivity index (χ2v) is 5.92. The molecule has 25 heavy (non-hydrogen) atoms. The topological polar surface area (TPSA) is 101 Å². The number of hydrogen-bond donors (Lipinski definition) is 3. The quantitative estimate of drug-likeness (QED) is 0.651. The van der Waals surface area contributed by atoms with Crippen molar-refractivity contribution in [1.82, 2.24) is 14.5 Å². The largest absolute Gasteiger partial charge is 0.394 e. The smallest absolute Gasteiger partial charge is 0.164 e. The first-order valence-corrected chi connectivity index (χ1v) is 7.80. The number of halogens is 1. The second kappa shape index (κ2) is 6.16. The molecule has 0 saturated carbocycles. The molecule has 3 aromatic rings. The molecule has 1 saturated heterocycles. The van der Waals surface area contributed by atoms with Crippen LogP contribution < -0.4 is 0 Å². The Morgan fingerprint density at radius 1 is 1.08 bits per heavy atom. The van der Waals surface area contributed by atoms with Gasteiger partial charge in [0.2, 0.25) is 0 Å². The molecule has 7 nitrogen and oxygen atoms in total. The maximum absolute atomic E-state index is 13.1. The molecular weight excluding hydrogens is 329 g/mol. The van der Waals surface area contributed by atoms with Crippen LogP contribution in [0.3, 0.4) is 0 Å². The highest BCUT2D eigenvalue weighted by molar-refractivity contribution is 5.90. The molecule has 0 spiro atoms. The van der Waals surface area contributed by atoms with E-state index in [0.717, 1.165) is 5.56 Å². The van der Waals surface area contributed by atoms with Crippen LogP contribution in [0.15, 0.2) is 42.9 Å². The summed E-state index contributed by atoms with van der Waals surface area (Å²) in [6, 6.07) is 7.73. The van der Waals surface area contributed by atoms with Gasteiger partial charge in [0, 0.05) is 17.1 Å². The molecule has 4 rings (SSSR count). The Hall–Kier alpha value is -2.39. The summed E-state index contributed by atoms with van der Waals surface area (Å²) in [4.78, 5) is 8.51. The Morgan fingerprint density at radius 3 is 2.52 bits per heavy atom. The van der Waals surface area contributed by atoms with Crippen molar-refractivity contribution >= 4 is 11.0 Å². The number of hydrogen-bond acceptors (Lipinski definition) is 6. The minimum absolute atomic E-state index is 0.335. The Kier molecular flexibility index (Phi) is 3.97. The third kappa shape index (κ3) is 2.59. The molecule has 0 bridgehead atoms. The highest BCUT2D eigenvalue weighted by Gasteiger charge is 2.43. The summed E-state index contributed by atoms with van der Waals surface area (Å²) < 4.78 is 20.3. The standard InChI is InChI=1S/C17H16FN3O4/c18-10-3-1-9(2-4-10)13-11-5-6-21(16(11)20-8-19-13)17-15(24)14(23)12(7-22)25-17/h1-6,8,12,14-15,17,22-24H,7H2/t12-,14-,15-,17-/m1/s1. The number of nitrogens with zero attached hydrogens (tertiary/aromatic N) is 3. The first-order chi connectivity index (χ1) is 12.1. The molecular formula is C17H16FN3O4. The lowest BCUT2D eigenvalue weighted by molar-refractivity contribution is -0.0508. The van der Waals surface area contributed by atoms with E-state index in [-0.39, 0.29) is 5.82 Å². The van der Waals surface area contributed by atoms with Gasteiger partial charge in [-0.05, 0) is 30.3 Å². The van der Waals surface area contributed by atoms with Gasteiger partial charge in [-0.15, -0.1) is 0 Å². The fraction of sp³-hybridized carbons (Fsp3) is 0.294. The molecule has 3 N–H and O–H groups in total. The van der Waals surface area contributed by atoms with Crippen LogP contribution in [0, 0.1) is 5.82 Å². The molecule has 4 atom stereocenters. The highest BCUT2D eigenvalue weighted by atomic mass is 19.1. The number of fused-ring (bicyclic) bond motifs is 1. The normalized spacial score (nSPS) is 26.4. The van der Waals surface area contributed by atoms with Gasteiger partial charge in [0.1, 0.15) is 36.1 Å². The van der Waals surface area contributed by atoms with E-state index in [9.17, 15) is 19.7 Å². The molecule has 0 amide bonds. The predicted octanol–water partition coefficient (Wildman–Crippen LogP) is 0.849. The molecule has 0 radical (unpaired) electrons. The zero-order valence-corrected chi connectivity index (χ0v) is 13.0. The summed E-state index contributed by atoms with van der Waals surface area (Å²) in [5.41, 5.74) is 1.85. The highest BCUT2D eigenvalue weighted by Crippen LogP contribution is 2.34. The summed E-state index contributed by atoms with van der Waals surface area (Å²) in [6.45, 7) is -0.399. The fourth-order valence-corrected chi connectivity index (χ4v) is 3.12. The molecule has 3 heterocycles. The Morgan fingerprint density at radius 2 is 1.84 bits per heavy atom. The SMILES string of the molecule is OC[C@H]1O[C@@H](n2ccc3c(-c4ccc(F)cc4)ncnc32)[C@H](O)[C@@H]1O. The summed E-state index contributed by atoms with van der Waals surface area (Å²) in [7, 11) is 0. The minimum atomic E-state index is -1.20. The van der Waals surface area contributed by atoms with Crippen molar-refractivity contribution in [3.63, 3.8) is 0 Å². The Bertz CT molecular complexity index is 899. The average molecular weight is 345 g/mol. The second-order valence-electron chi connectivity index (χ2n) is 5.92. The van der Waals surface area contributed by atoms with Crippen molar-refractivity contribution in [2.75, 3.05) is 6.61 Å². The molecule has 130 valence electrons. The summed E-state index contributed by atoms with van der Waals surface area (Å²) >= 11 is 0. The maximum atomic E-state index is 13.1. The third-order valence-electron chi connectivity index (χ3n) is 4.42. The van der Waals surface area contributed by atoms with Crippen molar-refractivity contribution < 1.29 is 24.4 Å². The third-order valence-corrected chi connectivity index (χ3v) is 4.42. The Balaban J connectivity index is 1.78. The van der Waals surface area contributed by atoms with Crippen LogP contribution in [0.1, 0.15) is 6.23 Å². The molecule has 1 aliphatic rings. The van der Waals surface area contributed by atoms with E-state index < -0.39 is 31.1 Å². The lowest BCUT2D eigenvalue weighted by atomic mass is 10.1. The minimum Gasteiger partial charge on any atom is -0.394 e. The molecule has 0 aliphatic carbocycles. The fourth-order valence-electron chi connectivity index (χ4n) is 3.12. The van der Waals surface area contributed by atoms with E-state index in [4.69, 9.17) is 4.74 Å². The molecule has 1 aromatic carbocycles. The van der Waals surface area contributed by atoms with E-state index in [1.165, 1.54) is 18.5 Å². The van der Waals surface area contributed by atoms with Crippen LogP contribution >= 0.6 is 0 Å². The van der Waals surface area contributed by atoms with Gasteiger partial charge >= 0.3 is 0 Å². The van der Waals surface area contributed by atoms with Gasteiger partial charge in [-0.25, -0.2) is 14.4 Å². The maximum Gasteiger partial charge on any atom is 0.164 e. The van der Waals surface area contributed by atoms with Gasteiger partial charge in [0.25, 0.3) is 0 Å². The van der Waals surface area contributed by atoms with Crippen LogP contribution in [0.25, 0.3) is 22.3 Å². The van der Waals surface area contributed by atoms with Crippen molar-refractivity contribution in [2.45, 2.75) is 24.5 Å². The number of benzene rings is 1. The van der Waals surface area contributed by atoms with Crippen LogP contribution in [0.5, 0.6) is 0 Å². The number of aliphatic hydroxyl groups excluding tert-OH is 3. The van der Waals surface area contributed by atoms with E-state index in [0.29, 0.717) is 16.7 Å². The van der Waals surface area contributed by atoms with Gasteiger partial charge in [-0.1, -0.05) is 0 Å². The van der Waals surface area contributed by atoms with Crippen LogP contribution in [0.2, 0.25) is 0 Å². The van der Waals surface area contributed by atoms with E-state index in [2.05, 4.69) is 9.97 Å². The van der Waals surface area contributed by atoms with Gasteiger partial charge < -0.3 is 24.6 Å². The van der Waals surface area contributed by atoms with Gasteiger partial charge in [-0.2, -0.15) is 0 Å². The monoisotopic (exact) mass is 345 g/mol. The lowest BCUT2D eigenvalue weighted by Gasteiger charge is -2.17. The summed E-state index contributed by atoms with van der Waals surface area (Å²) in [5, 5.41) is 30.1. The van der Waals surface area contributed by atoms with Crippen molar-refractivity contribution in [1.29, 1.82) is 0 Å². The molecule has 1 aliphatic heterocycles. The van der Waals surface area contributed by atoms with Crippen LogP contribution in [-0.2, 0) is 4.74 Å². The molecule has 2 aromatic heterocycles. The zero-order chi connectivity index (χ0) is 17.6. The number of aliphatic hydroxyl groups is 3. The number of aromatic nitrogens is 3. The van der Waals surface area contributed by atoms with Crippen LogP contribution in [-0.4, -0.2) is 54.8 Å². The Labute approximate surface area is 142 Å². The predicted molar refractivity (Wildman–Crippen MR) is 85.9 cm³/mol. The summed E-state index contributed by atoms with van der Waals surface area (Å²) in [6.07, 6.45) is -1.08. The number of ether oxygens (including phenoxy) is 1. The van der Waals surface area contributed by atoms with E-state index in [1.807, 2.05) is 0 Å². The molecule has 1 fully saturated rings. The first-order valence-electron chi connectivity index (χ1n) is 7.80. The lowest BCUT2D eigenvalue weighted by Crippen LogP contribution is -2.33. The van der Waals surface area contributed by atoms with E-state index in [1.54, 1.807) is 29.0 Å². The molecule has 8 heteroatoms. The first kappa shape index (κ1) is 16.1. The summed E-state index contributed by atoms with van der Waals surface area (Å²) in [5.74, 6) is -0.335.